The van der Waals surface area contributed by atoms with E-state index in [2.05, 4.69) is 36.0 Å². The molecule has 1 unspecified atom stereocenters. The number of nitrogens with zero attached hydrogens (tertiary/aromatic N) is 2. The maximum atomic E-state index is 5.74. The van der Waals surface area contributed by atoms with Gasteiger partial charge in [0, 0.05) is 24.6 Å². The second-order valence-electron chi connectivity index (χ2n) is 7.01. The lowest BCUT2D eigenvalue weighted by Crippen LogP contribution is -2.25. The van der Waals surface area contributed by atoms with Gasteiger partial charge in [-0.2, -0.15) is 0 Å². The standard InChI is InChI=1S/C22H35N3O3/c1-7-25(8-2)13-9-10-16(3)23-19-14-20(27-5)21-18(22(19)28-6)12-11-17(24-21)15-26-4/h11-12,14,16,23H,7-10,13,15H2,1-6H3. The first-order valence-electron chi connectivity index (χ1n) is 10.1. The number of methoxy groups -OCH3 is 3. The molecule has 0 amide bonds. The minimum atomic E-state index is 0.326. The van der Waals surface area contributed by atoms with E-state index in [-0.39, 0.29) is 0 Å². The molecule has 0 fully saturated rings. The van der Waals surface area contributed by atoms with Crippen LogP contribution in [0, 0.1) is 0 Å². The Morgan fingerprint density at radius 2 is 1.86 bits per heavy atom. The molecule has 0 radical (unpaired) electrons. The van der Waals surface area contributed by atoms with Crippen molar-refractivity contribution >= 4 is 16.6 Å². The Morgan fingerprint density at radius 1 is 1.11 bits per heavy atom. The summed E-state index contributed by atoms with van der Waals surface area (Å²) in [6.07, 6.45) is 2.25. The van der Waals surface area contributed by atoms with Crippen molar-refractivity contribution in [2.24, 2.45) is 0 Å². The largest absolute Gasteiger partial charge is 0.494 e. The van der Waals surface area contributed by atoms with Crippen LogP contribution >= 0.6 is 0 Å². The first-order valence-corrected chi connectivity index (χ1v) is 10.1. The maximum absolute atomic E-state index is 5.74. The predicted molar refractivity (Wildman–Crippen MR) is 116 cm³/mol. The first kappa shape index (κ1) is 22.2. The van der Waals surface area contributed by atoms with E-state index in [1.807, 2.05) is 18.2 Å². The number of benzene rings is 1. The number of rotatable bonds is 12. The highest BCUT2D eigenvalue weighted by atomic mass is 16.5. The second kappa shape index (κ2) is 11.1. The lowest BCUT2D eigenvalue weighted by Gasteiger charge is -2.22. The molecule has 156 valence electrons. The lowest BCUT2D eigenvalue weighted by atomic mass is 10.1. The van der Waals surface area contributed by atoms with Gasteiger partial charge in [-0.25, -0.2) is 4.98 Å². The third-order valence-corrected chi connectivity index (χ3v) is 5.08. The number of hydrogen-bond acceptors (Lipinski definition) is 6. The molecule has 1 aromatic heterocycles. The van der Waals surface area contributed by atoms with E-state index in [1.54, 1.807) is 21.3 Å². The van der Waals surface area contributed by atoms with Crippen molar-refractivity contribution in [1.82, 2.24) is 9.88 Å². The minimum Gasteiger partial charge on any atom is -0.494 e. The van der Waals surface area contributed by atoms with Gasteiger partial charge < -0.3 is 24.4 Å². The molecule has 2 aromatic rings. The summed E-state index contributed by atoms with van der Waals surface area (Å²) in [6.45, 7) is 10.4. The Labute approximate surface area is 169 Å². The minimum absolute atomic E-state index is 0.326. The van der Waals surface area contributed by atoms with Crippen LogP contribution in [0.5, 0.6) is 11.5 Å². The van der Waals surface area contributed by atoms with Crippen LogP contribution in [0.2, 0.25) is 0 Å². The average Bonchev–Trinajstić information content (AvgIpc) is 2.71. The molecule has 0 aliphatic carbocycles. The Morgan fingerprint density at radius 3 is 2.46 bits per heavy atom. The zero-order valence-electron chi connectivity index (χ0n) is 18.2. The molecular weight excluding hydrogens is 354 g/mol. The molecule has 2 rings (SSSR count). The van der Waals surface area contributed by atoms with Gasteiger partial charge in [0.25, 0.3) is 0 Å². The quantitative estimate of drug-likeness (QED) is 0.583. The molecule has 0 spiro atoms. The van der Waals surface area contributed by atoms with Gasteiger partial charge in [0.1, 0.15) is 11.3 Å². The van der Waals surface area contributed by atoms with Crippen molar-refractivity contribution in [3.63, 3.8) is 0 Å². The zero-order valence-corrected chi connectivity index (χ0v) is 18.2. The highest BCUT2D eigenvalue weighted by Crippen LogP contribution is 2.39. The number of pyridine rings is 1. The Hall–Kier alpha value is -2.05. The van der Waals surface area contributed by atoms with E-state index in [0.29, 0.717) is 12.6 Å². The Balaban J connectivity index is 2.22. The van der Waals surface area contributed by atoms with Crippen LogP contribution in [-0.2, 0) is 11.3 Å². The topological polar surface area (TPSA) is 55.9 Å². The van der Waals surface area contributed by atoms with E-state index in [1.165, 1.54) is 0 Å². The van der Waals surface area contributed by atoms with Crippen molar-refractivity contribution in [2.75, 3.05) is 46.3 Å². The van der Waals surface area contributed by atoms with Crippen molar-refractivity contribution < 1.29 is 14.2 Å². The molecule has 0 aliphatic rings. The van der Waals surface area contributed by atoms with Crippen molar-refractivity contribution in [2.45, 2.75) is 46.3 Å². The summed E-state index contributed by atoms with van der Waals surface area (Å²) in [6, 6.07) is 6.29. The molecule has 28 heavy (non-hydrogen) atoms. The van der Waals surface area contributed by atoms with E-state index in [4.69, 9.17) is 14.2 Å². The molecule has 1 N–H and O–H groups in total. The molecule has 1 atom stereocenters. The smallest absolute Gasteiger partial charge is 0.151 e. The maximum Gasteiger partial charge on any atom is 0.151 e. The fourth-order valence-corrected chi connectivity index (χ4v) is 3.49. The van der Waals surface area contributed by atoms with Crippen LogP contribution in [0.15, 0.2) is 18.2 Å². The molecule has 1 heterocycles. The summed E-state index contributed by atoms with van der Waals surface area (Å²) >= 11 is 0. The van der Waals surface area contributed by atoms with E-state index >= 15 is 0 Å². The van der Waals surface area contributed by atoms with Crippen LogP contribution in [0.25, 0.3) is 10.9 Å². The monoisotopic (exact) mass is 389 g/mol. The number of fused-ring (bicyclic) bond motifs is 1. The number of hydrogen-bond donors (Lipinski definition) is 1. The van der Waals surface area contributed by atoms with Gasteiger partial charge in [-0.05, 0) is 51.5 Å². The molecule has 6 heteroatoms. The SMILES string of the molecule is CCN(CC)CCCC(C)Nc1cc(OC)c2nc(COC)ccc2c1OC. The van der Waals surface area contributed by atoms with Gasteiger partial charge in [0.2, 0.25) is 0 Å². The molecule has 0 saturated heterocycles. The van der Waals surface area contributed by atoms with Crippen LogP contribution in [-0.4, -0.2) is 56.9 Å². The number of ether oxygens (including phenoxy) is 3. The average molecular weight is 390 g/mol. The first-order chi connectivity index (χ1) is 13.6. The fraction of sp³-hybridized carbons (Fsp3) is 0.591. The van der Waals surface area contributed by atoms with Crippen molar-refractivity contribution in [1.29, 1.82) is 0 Å². The Bertz CT molecular complexity index is 747. The van der Waals surface area contributed by atoms with Crippen molar-refractivity contribution in [3.8, 4) is 11.5 Å². The molecule has 0 aliphatic heterocycles. The number of nitrogens with one attached hydrogen (secondary N) is 1. The van der Waals surface area contributed by atoms with Gasteiger partial charge >= 0.3 is 0 Å². The van der Waals surface area contributed by atoms with E-state index in [0.717, 1.165) is 66.3 Å². The third-order valence-electron chi connectivity index (χ3n) is 5.08. The number of aromatic nitrogens is 1. The summed E-state index contributed by atoms with van der Waals surface area (Å²) in [5.74, 6) is 1.52. The van der Waals surface area contributed by atoms with Gasteiger partial charge in [-0.3, -0.25) is 0 Å². The van der Waals surface area contributed by atoms with Gasteiger partial charge in [-0.15, -0.1) is 0 Å². The molecule has 0 bridgehead atoms. The molecular formula is C22H35N3O3. The van der Waals surface area contributed by atoms with Gasteiger partial charge in [0.15, 0.2) is 5.75 Å². The fourth-order valence-electron chi connectivity index (χ4n) is 3.49. The summed E-state index contributed by atoms with van der Waals surface area (Å²) in [5, 5.41) is 4.53. The van der Waals surface area contributed by atoms with E-state index in [9.17, 15) is 0 Å². The summed E-state index contributed by atoms with van der Waals surface area (Å²) in [7, 11) is 5.03. The summed E-state index contributed by atoms with van der Waals surface area (Å²) < 4.78 is 16.6. The second-order valence-corrected chi connectivity index (χ2v) is 7.01. The predicted octanol–water partition coefficient (Wildman–Crippen LogP) is 4.32. The lowest BCUT2D eigenvalue weighted by molar-refractivity contribution is 0.182. The highest BCUT2D eigenvalue weighted by Gasteiger charge is 2.17. The molecule has 1 aromatic carbocycles. The summed E-state index contributed by atoms with van der Waals surface area (Å²) in [5.41, 5.74) is 2.58. The normalized spacial score (nSPS) is 12.4. The van der Waals surface area contributed by atoms with Crippen LogP contribution in [0.4, 0.5) is 5.69 Å². The van der Waals surface area contributed by atoms with Gasteiger partial charge in [0.05, 0.1) is 32.2 Å². The van der Waals surface area contributed by atoms with Crippen LogP contribution in [0.1, 0.15) is 39.3 Å². The van der Waals surface area contributed by atoms with E-state index < -0.39 is 0 Å². The van der Waals surface area contributed by atoms with Gasteiger partial charge in [-0.1, -0.05) is 13.8 Å². The molecule has 6 nitrogen and oxygen atoms in total. The Kier molecular flexibility index (Phi) is 8.80. The number of anilines is 1. The highest BCUT2D eigenvalue weighted by molar-refractivity contribution is 5.95. The zero-order chi connectivity index (χ0) is 20.5. The summed E-state index contributed by atoms with van der Waals surface area (Å²) in [4.78, 5) is 7.14. The molecule has 0 saturated carbocycles. The van der Waals surface area contributed by atoms with Crippen LogP contribution < -0.4 is 14.8 Å². The van der Waals surface area contributed by atoms with Crippen LogP contribution in [0.3, 0.4) is 0 Å². The van der Waals surface area contributed by atoms with Crippen molar-refractivity contribution in [3.05, 3.63) is 23.9 Å². The third kappa shape index (κ3) is 5.49.